The summed E-state index contributed by atoms with van der Waals surface area (Å²) in [4.78, 5) is 70.3. The van der Waals surface area contributed by atoms with Crippen LogP contribution >= 0.6 is 34.8 Å². The van der Waals surface area contributed by atoms with Gasteiger partial charge in [0.2, 0.25) is 41.4 Å². The van der Waals surface area contributed by atoms with Gasteiger partial charge < -0.3 is 43.8 Å². The number of nitriles is 1. The van der Waals surface area contributed by atoms with Crippen molar-refractivity contribution in [2.45, 2.75) is 53.9 Å². The van der Waals surface area contributed by atoms with E-state index < -0.39 is 0 Å². The average Bonchev–Trinajstić information content (AvgIpc) is 1.79. The summed E-state index contributed by atoms with van der Waals surface area (Å²) >= 11 is 18.0. The maximum Gasteiger partial charge on any atom is 0.267 e. The fourth-order valence-corrected chi connectivity index (χ4v) is 10.5. The van der Waals surface area contributed by atoms with Gasteiger partial charge in [0.05, 0.1) is 38.2 Å². The van der Waals surface area contributed by atoms with Crippen LogP contribution in [0.5, 0.6) is 23.1 Å². The molecule has 23 nitrogen and oxygen atoms in total. The largest absolute Gasteiger partial charge is 0.508 e. The summed E-state index contributed by atoms with van der Waals surface area (Å²) in [5, 5.41) is 29.9. The molecule has 26 heteroatoms. The number of halogens is 3. The lowest BCUT2D eigenvalue weighted by Crippen LogP contribution is -2.26. The van der Waals surface area contributed by atoms with Gasteiger partial charge in [-0.25, -0.2) is 34.9 Å². The molecule has 7 aromatic heterocycles. The molecule has 0 amide bonds. The van der Waals surface area contributed by atoms with E-state index in [9.17, 15) is 19.5 Å². The number of phenolic OH excluding ortho intramolecular Hbond substituents is 1. The zero-order valence-corrected chi connectivity index (χ0v) is 57.7. The summed E-state index contributed by atoms with van der Waals surface area (Å²) in [5.41, 5.74) is 7.29. The lowest BCUT2D eigenvalue weighted by Gasteiger charge is -2.15. The Balaban J connectivity index is 0.000000147. The van der Waals surface area contributed by atoms with Crippen LogP contribution in [0.15, 0.2) is 253 Å². The van der Waals surface area contributed by atoms with E-state index in [4.69, 9.17) is 62.8 Å². The van der Waals surface area contributed by atoms with Crippen LogP contribution in [0.1, 0.15) is 50.8 Å². The molecule has 0 atom stereocenters. The molecular formula is C77H61Cl3N14O9. The molecule has 0 aliphatic heterocycles. The SMILES string of the molecule is Cc1ccc(COc2ccc(Nc3ncc(-c4ncc(C)o4)c(=O)n3Cc3ccc(Cl)cc3)cc2)cc1.Cc1cnc(-c2cnc(Nc3ccc(O)cc3)n(Cc3ccc(Cl)cc3)c2=O)o1.Cc1cnc(-c2cnc(Nc3ccc(Oc4cccc(C#N)n4)cc3)n(Cc3ccc(Cl)cc3)c2=O)o1. The van der Waals surface area contributed by atoms with Gasteiger partial charge in [-0.3, -0.25) is 28.1 Å². The molecule has 0 aliphatic rings. The van der Waals surface area contributed by atoms with E-state index in [2.05, 4.69) is 82.0 Å². The van der Waals surface area contributed by atoms with Gasteiger partial charge in [-0.2, -0.15) is 5.26 Å². The number of ether oxygens (including phenoxy) is 2. The summed E-state index contributed by atoms with van der Waals surface area (Å²) in [6, 6.07) is 58.1. The summed E-state index contributed by atoms with van der Waals surface area (Å²) in [5.74, 6) is 5.31. The molecule has 0 saturated carbocycles. The van der Waals surface area contributed by atoms with Gasteiger partial charge in [0.15, 0.2) is 0 Å². The maximum atomic E-state index is 13.5. The molecule has 0 saturated heterocycles. The quantitative estimate of drug-likeness (QED) is 0.0516. The second-order valence-corrected chi connectivity index (χ2v) is 24.5. The van der Waals surface area contributed by atoms with Crippen LogP contribution in [0.3, 0.4) is 0 Å². The summed E-state index contributed by atoms with van der Waals surface area (Å²) < 4.78 is 32.9. The topological polar surface area (TPSA) is 294 Å². The molecule has 0 radical (unpaired) electrons. The van der Waals surface area contributed by atoms with E-state index in [1.165, 1.54) is 33.3 Å². The number of aromatic nitrogens is 10. The van der Waals surface area contributed by atoms with Crippen molar-refractivity contribution in [2.75, 3.05) is 16.0 Å². The number of nitrogens with zero attached hydrogens (tertiary/aromatic N) is 11. The third kappa shape index (κ3) is 18.3. The number of hydrogen-bond donors (Lipinski definition) is 4. The van der Waals surface area contributed by atoms with Crippen molar-refractivity contribution in [1.29, 1.82) is 5.26 Å². The van der Waals surface area contributed by atoms with E-state index >= 15 is 0 Å². The van der Waals surface area contributed by atoms with Gasteiger partial charge >= 0.3 is 0 Å². The first kappa shape index (κ1) is 70.0. The Morgan fingerprint density at radius 1 is 0.437 bits per heavy atom. The molecule has 14 rings (SSSR count). The molecular weight excluding hydrogens is 1370 g/mol. The van der Waals surface area contributed by atoms with Crippen molar-refractivity contribution in [3.8, 4) is 63.6 Å². The molecule has 0 spiro atoms. The zero-order chi connectivity index (χ0) is 71.9. The molecule has 7 aromatic carbocycles. The van der Waals surface area contributed by atoms with Crippen LogP contribution < -0.4 is 42.1 Å². The highest BCUT2D eigenvalue weighted by molar-refractivity contribution is 6.31. The number of aryl methyl sites for hydroxylation is 4. The fraction of sp³-hybridized carbons (Fsp3) is 0.104. The smallest absolute Gasteiger partial charge is 0.267 e. The first-order valence-corrected chi connectivity index (χ1v) is 32.9. The average molecular weight is 1430 g/mol. The molecule has 514 valence electrons. The number of anilines is 6. The first-order valence-electron chi connectivity index (χ1n) is 31.8. The van der Waals surface area contributed by atoms with Gasteiger partial charge in [0.1, 0.15) is 69.6 Å². The van der Waals surface area contributed by atoms with Crippen molar-refractivity contribution in [1.82, 2.24) is 48.6 Å². The molecule has 0 bridgehead atoms. The zero-order valence-electron chi connectivity index (χ0n) is 55.5. The summed E-state index contributed by atoms with van der Waals surface area (Å²) in [6.07, 6.45) is 9.05. The lowest BCUT2D eigenvalue weighted by molar-refractivity contribution is 0.306. The number of benzene rings is 7. The number of nitrogens with one attached hydrogen (secondary N) is 3. The molecule has 4 N–H and O–H groups in total. The van der Waals surface area contributed by atoms with Gasteiger partial charge in [0, 0.05) is 56.8 Å². The van der Waals surface area contributed by atoms with Crippen molar-refractivity contribution in [3.05, 3.63) is 322 Å². The van der Waals surface area contributed by atoms with Crippen LogP contribution in [-0.4, -0.2) is 53.7 Å². The van der Waals surface area contributed by atoms with Crippen LogP contribution in [0.25, 0.3) is 34.4 Å². The van der Waals surface area contributed by atoms with Crippen LogP contribution in [0.2, 0.25) is 15.1 Å². The highest BCUT2D eigenvalue weighted by Gasteiger charge is 2.21. The predicted molar refractivity (Wildman–Crippen MR) is 393 cm³/mol. The lowest BCUT2D eigenvalue weighted by atomic mass is 10.2. The number of phenols is 1. The van der Waals surface area contributed by atoms with Crippen molar-refractivity contribution >= 4 is 69.7 Å². The Kier molecular flexibility index (Phi) is 22.0. The molecule has 0 aliphatic carbocycles. The van der Waals surface area contributed by atoms with Gasteiger partial charge in [-0.15, -0.1) is 0 Å². The molecule has 14 aromatic rings. The Morgan fingerprint density at radius 2 is 0.796 bits per heavy atom. The van der Waals surface area contributed by atoms with E-state index in [0.717, 1.165) is 33.7 Å². The van der Waals surface area contributed by atoms with Crippen LogP contribution in [0, 0.1) is 39.0 Å². The third-order valence-corrected chi connectivity index (χ3v) is 16.1. The van der Waals surface area contributed by atoms with Crippen LogP contribution in [-0.2, 0) is 26.2 Å². The predicted octanol–water partition coefficient (Wildman–Crippen LogP) is 16.6. The number of aromatic hydroxyl groups is 1. The normalized spacial score (nSPS) is 10.8. The van der Waals surface area contributed by atoms with Gasteiger partial charge in [-0.1, -0.05) is 107 Å². The Labute approximate surface area is 603 Å². The summed E-state index contributed by atoms with van der Waals surface area (Å²) in [6.45, 7) is 8.65. The first-order chi connectivity index (χ1) is 49.9. The summed E-state index contributed by atoms with van der Waals surface area (Å²) in [7, 11) is 0. The Hall–Kier alpha value is -12.9. The molecule has 0 fully saturated rings. The maximum absolute atomic E-state index is 13.5. The number of oxazole rings is 3. The number of rotatable bonds is 20. The molecule has 0 unspecified atom stereocenters. The van der Waals surface area contributed by atoms with E-state index in [1.807, 2.05) is 66.7 Å². The number of hydrogen-bond acceptors (Lipinski definition) is 20. The highest BCUT2D eigenvalue weighted by Crippen LogP contribution is 2.28. The minimum atomic E-state index is -0.308. The number of pyridine rings is 1. The van der Waals surface area contributed by atoms with E-state index in [-0.39, 0.29) is 82.1 Å². The second-order valence-electron chi connectivity index (χ2n) is 23.2. The van der Waals surface area contributed by atoms with Crippen molar-refractivity contribution in [3.63, 3.8) is 0 Å². The van der Waals surface area contributed by atoms with Crippen molar-refractivity contribution in [2.24, 2.45) is 0 Å². The molecule has 103 heavy (non-hydrogen) atoms. The van der Waals surface area contributed by atoms with E-state index in [1.54, 1.807) is 147 Å². The standard InChI is InChI=1S/C29H25ClN4O3.C27H19ClN6O3.C21H17ClN4O3/c1-19-3-5-22(6-4-19)18-36-25-13-11-24(12-14-25)33-29-32-16-26(27-31-15-20(2)37-27)28(35)34(29)17-21-7-9-23(30)10-8-21;1-17-14-30-25(36-17)23-15-31-27(34(26(23)35)16-18-5-7-19(28)8-6-18)33-20-9-11-22(12-10-20)37-24-4-2-3-21(13-29)32-24;1-13-10-23-19(29-13)18-11-24-21(25-16-6-8-17(27)9-7-16)26(20(18)28)12-14-2-4-15(22)5-3-14/h3-16H,17-18H2,1-2H3,(H,32,33);2-12,14-15H,16H2,1H3,(H,31,33);2-11,27H,12H2,1H3,(H,24,25). The van der Waals surface area contributed by atoms with Gasteiger partial charge in [0.25, 0.3) is 16.7 Å². The Bertz CT molecular complexity index is 5490. The van der Waals surface area contributed by atoms with Crippen LogP contribution in [0.4, 0.5) is 34.9 Å². The monoisotopic (exact) mass is 1430 g/mol. The minimum absolute atomic E-state index is 0.150. The van der Waals surface area contributed by atoms with Crippen molar-refractivity contribution < 1.29 is 27.8 Å². The fourth-order valence-electron chi connectivity index (χ4n) is 10.1. The van der Waals surface area contributed by atoms with E-state index in [0.29, 0.717) is 79.8 Å². The highest BCUT2D eigenvalue weighted by atomic mass is 35.5. The van der Waals surface area contributed by atoms with Gasteiger partial charge in [-0.05, 0) is 165 Å². The third-order valence-electron chi connectivity index (χ3n) is 15.4. The molecule has 7 heterocycles. The Morgan fingerprint density at radius 3 is 1.16 bits per heavy atom. The second kappa shape index (κ2) is 32.4. The minimum Gasteiger partial charge on any atom is -0.508 e.